The quantitative estimate of drug-likeness (QED) is 0.638. The molecule has 0 aliphatic rings. The number of carbonyl (C=O) groups excluding carboxylic acids is 2. The van der Waals surface area contributed by atoms with Gasteiger partial charge in [0.2, 0.25) is 0 Å². The number of nitrogens with one attached hydrogen (secondary N) is 2. The van der Waals surface area contributed by atoms with Crippen LogP contribution in [-0.4, -0.2) is 46.3 Å². The lowest BCUT2D eigenvalue weighted by Gasteiger charge is -2.17. The monoisotopic (exact) mass is 387 g/mol. The third-order valence-electron chi connectivity index (χ3n) is 4.12. The number of rotatable bonds is 9. The number of carbonyl (C=O) groups is 2. The van der Waals surface area contributed by atoms with Crippen molar-refractivity contribution in [2.45, 2.75) is 13.5 Å². The van der Waals surface area contributed by atoms with Gasteiger partial charge in [-0.3, -0.25) is 4.79 Å². The van der Waals surface area contributed by atoms with Crippen LogP contribution in [0.3, 0.4) is 0 Å². The van der Waals surface area contributed by atoms with Crippen LogP contribution in [0.15, 0.2) is 42.5 Å². The number of hydrogen-bond donors (Lipinski definition) is 2. The first kappa shape index (κ1) is 21.2. The Labute approximate surface area is 165 Å². The second-order valence-electron chi connectivity index (χ2n) is 6.31. The van der Waals surface area contributed by atoms with Crippen molar-refractivity contribution in [2.75, 3.05) is 39.7 Å². The van der Waals surface area contributed by atoms with Crippen LogP contribution in [0.5, 0.6) is 11.5 Å². The fourth-order valence-corrected chi connectivity index (χ4v) is 2.86. The molecule has 0 bridgehead atoms. The summed E-state index contributed by atoms with van der Waals surface area (Å²) in [6, 6.07) is 12.3. The van der Waals surface area contributed by atoms with Crippen molar-refractivity contribution in [3.8, 4) is 11.5 Å². The lowest BCUT2D eigenvalue weighted by atomic mass is 10.1. The highest BCUT2D eigenvalue weighted by Crippen LogP contribution is 2.30. The molecule has 150 valence electrons. The predicted molar refractivity (Wildman–Crippen MR) is 106 cm³/mol. The van der Waals surface area contributed by atoms with Crippen LogP contribution in [0, 0.1) is 0 Å². The number of likely N-dealkylation sites (N-methyl/N-ethyl adjacent to an activating group) is 1. The van der Waals surface area contributed by atoms with Crippen LogP contribution in [0.2, 0.25) is 0 Å². The first-order valence-electron chi connectivity index (χ1n) is 9.06. The number of methoxy groups -OCH3 is 2. The zero-order valence-electron chi connectivity index (χ0n) is 16.7. The van der Waals surface area contributed by atoms with Gasteiger partial charge in [0.25, 0.3) is 5.91 Å². The highest BCUT2D eigenvalue weighted by molar-refractivity contribution is 5.93. The van der Waals surface area contributed by atoms with Crippen molar-refractivity contribution in [1.82, 2.24) is 0 Å². The van der Waals surface area contributed by atoms with Crippen LogP contribution in [0.25, 0.3) is 0 Å². The SMILES string of the molecule is CCOC(=O)c1ccc(NC(=O)C[NH+](C)Cc2cccc(OC)c2OC)cc1. The Kier molecular flexibility index (Phi) is 7.83. The van der Waals surface area contributed by atoms with E-state index in [1.807, 2.05) is 25.2 Å². The van der Waals surface area contributed by atoms with E-state index in [-0.39, 0.29) is 18.4 Å². The molecule has 0 aliphatic carbocycles. The first-order chi connectivity index (χ1) is 13.5. The molecule has 0 fully saturated rings. The standard InChI is InChI=1S/C21H26N2O5/c1-5-28-21(25)15-9-11-17(12-10-15)22-19(24)14-23(2)13-16-7-6-8-18(26-3)20(16)27-4/h6-12H,5,13-14H2,1-4H3,(H,22,24)/p+1. The number of ether oxygens (including phenoxy) is 3. The van der Waals surface area contributed by atoms with Gasteiger partial charge in [-0.15, -0.1) is 0 Å². The summed E-state index contributed by atoms with van der Waals surface area (Å²) in [4.78, 5) is 25.0. The van der Waals surface area contributed by atoms with Gasteiger partial charge < -0.3 is 24.4 Å². The Hall–Kier alpha value is -3.06. The summed E-state index contributed by atoms with van der Waals surface area (Å²) in [5.41, 5.74) is 2.04. The van der Waals surface area contributed by atoms with E-state index in [1.165, 1.54) is 0 Å². The van der Waals surface area contributed by atoms with E-state index in [0.717, 1.165) is 10.5 Å². The maximum atomic E-state index is 12.3. The summed E-state index contributed by atoms with van der Waals surface area (Å²) in [7, 11) is 5.13. The number of para-hydroxylation sites is 1. The lowest BCUT2D eigenvalue weighted by Crippen LogP contribution is -3.08. The molecule has 1 atom stereocenters. The summed E-state index contributed by atoms with van der Waals surface area (Å²) < 4.78 is 15.7. The molecular formula is C21H27N2O5+. The summed E-state index contributed by atoms with van der Waals surface area (Å²) >= 11 is 0. The average molecular weight is 387 g/mol. The average Bonchev–Trinajstić information content (AvgIpc) is 2.68. The molecule has 0 saturated carbocycles. The van der Waals surface area contributed by atoms with E-state index in [0.29, 0.717) is 35.9 Å². The van der Waals surface area contributed by atoms with Crippen LogP contribution < -0.4 is 19.7 Å². The van der Waals surface area contributed by atoms with E-state index in [1.54, 1.807) is 45.4 Å². The molecule has 0 saturated heterocycles. The van der Waals surface area contributed by atoms with Crippen molar-refractivity contribution in [1.29, 1.82) is 0 Å². The fourth-order valence-electron chi connectivity index (χ4n) is 2.86. The molecule has 7 heteroatoms. The Morgan fingerprint density at radius 1 is 1.04 bits per heavy atom. The molecule has 2 aromatic carbocycles. The van der Waals surface area contributed by atoms with Gasteiger partial charge in [0.15, 0.2) is 18.0 Å². The number of benzene rings is 2. The molecule has 2 N–H and O–H groups in total. The van der Waals surface area contributed by atoms with E-state index >= 15 is 0 Å². The van der Waals surface area contributed by atoms with Crippen molar-refractivity contribution in [3.63, 3.8) is 0 Å². The lowest BCUT2D eigenvalue weighted by molar-refractivity contribution is -0.885. The largest absolute Gasteiger partial charge is 0.493 e. The minimum absolute atomic E-state index is 0.122. The fraction of sp³-hybridized carbons (Fsp3) is 0.333. The maximum Gasteiger partial charge on any atom is 0.338 e. The minimum atomic E-state index is -0.378. The molecule has 7 nitrogen and oxygen atoms in total. The highest BCUT2D eigenvalue weighted by Gasteiger charge is 2.16. The van der Waals surface area contributed by atoms with Gasteiger partial charge in [-0.2, -0.15) is 0 Å². The van der Waals surface area contributed by atoms with Gasteiger partial charge in [-0.25, -0.2) is 4.79 Å². The Bertz CT molecular complexity index is 805. The molecule has 2 rings (SSSR count). The van der Waals surface area contributed by atoms with Crippen molar-refractivity contribution >= 4 is 17.6 Å². The first-order valence-corrected chi connectivity index (χ1v) is 9.06. The third kappa shape index (κ3) is 5.72. The second-order valence-corrected chi connectivity index (χ2v) is 6.31. The molecule has 1 amide bonds. The van der Waals surface area contributed by atoms with E-state index in [9.17, 15) is 9.59 Å². The molecule has 0 aliphatic heterocycles. The second kappa shape index (κ2) is 10.3. The molecule has 0 aromatic heterocycles. The zero-order chi connectivity index (χ0) is 20.5. The Balaban J connectivity index is 1.93. The van der Waals surface area contributed by atoms with Gasteiger partial charge >= 0.3 is 5.97 Å². The van der Waals surface area contributed by atoms with Gasteiger partial charge in [0.1, 0.15) is 6.54 Å². The topological polar surface area (TPSA) is 78.3 Å². The number of anilines is 1. The van der Waals surface area contributed by atoms with Crippen LogP contribution >= 0.6 is 0 Å². The zero-order valence-corrected chi connectivity index (χ0v) is 16.7. The molecule has 0 spiro atoms. The van der Waals surface area contributed by atoms with E-state index in [4.69, 9.17) is 14.2 Å². The molecular weight excluding hydrogens is 360 g/mol. The number of amides is 1. The normalized spacial score (nSPS) is 11.4. The number of esters is 1. The number of hydrogen-bond acceptors (Lipinski definition) is 5. The van der Waals surface area contributed by atoms with Crippen LogP contribution in [-0.2, 0) is 16.1 Å². The van der Waals surface area contributed by atoms with Crippen molar-refractivity contribution in [3.05, 3.63) is 53.6 Å². The summed E-state index contributed by atoms with van der Waals surface area (Å²) in [6.07, 6.45) is 0. The third-order valence-corrected chi connectivity index (χ3v) is 4.12. The minimum Gasteiger partial charge on any atom is -0.493 e. The Morgan fingerprint density at radius 3 is 2.36 bits per heavy atom. The van der Waals surface area contributed by atoms with Gasteiger partial charge in [-0.05, 0) is 43.3 Å². The maximum absolute atomic E-state index is 12.3. The summed E-state index contributed by atoms with van der Waals surface area (Å²) in [5, 5.41) is 2.84. The predicted octanol–water partition coefficient (Wildman–Crippen LogP) is 1.53. The van der Waals surface area contributed by atoms with E-state index in [2.05, 4.69) is 5.32 Å². The van der Waals surface area contributed by atoms with Crippen molar-refractivity contribution in [2.24, 2.45) is 0 Å². The number of quaternary nitrogens is 1. The Morgan fingerprint density at radius 2 is 1.75 bits per heavy atom. The molecule has 28 heavy (non-hydrogen) atoms. The van der Waals surface area contributed by atoms with Gasteiger partial charge in [0.05, 0.1) is 39.0 Å². The molecule has 0 heterocycles. The molecule has 1 unspecified atom stereocenters. The summed E-state index contributed by atoms with van der Waals surface area (Å²) in [6.45, 7) is 2.96. The van der Waals surface area contributed by atoms with Crippen LogP contribution in [0.1, 0.15) is 22.8 Å². The van der Waals surface area contributed by atoms with Crippen LogP contribution in [0.4, 0.5) is 5.69 Å². The smallest absolute Gasteiger partial charge is 0.338 e. The highest BCUT2D eigenvalue weighted by atomic mass is 16.5. The van der Waals surface area contributed by atoms with Gasteiger partial charge in [0, 0.05) is 5.69 Å². The molecule has 2 aromatic rings. The molecule has 0 radical (unpaired) electrons. The van der Waals surface area contributed by atoms with E-state index < -0.39 is 0 Å². The van der Waals surface area contributed by atoms with Gasteiger partial charge in [-0.1, -0.05) is 6.07 Å². The van der Waals surface area contributed by atoms with Crippen molar-refractivity contribution < 1.29 is 28.7 Å². The summed E-state index contributed by atoms with van der Waals surface area (Å²) in [5.74, 6) is 0.846.